The van der Waals surface area contributed by atoms with Crippen LogP contribution >= 0.6 is 0 Å². The summed E-state index contributed by atoms with van der Waals surface area (Å²) in [5.41, 5.74) is 1.31. The minimum absolute atomic E-state index is 0.299. The molecule has 5 heteroatoms. The summed E-state index contributed by atoms with van der Waals surface area (Å²) in [5, 5.41) is 10.5. The zero-order valence-corrected chi connectivity index (χ0v) is 12.5. The van der Waals surface area contributed by atoms with Gasteiger partial charge in [-0.3, -0.25) is 5.10 Å². The topological polar surface area (TPSA) is 67.0 Å². The third kappa shape index (κ3) is 3.74. The normalized spacial score (nSPS) is 17.3. The van der Waals surface area contributed by atoms with Gasteiger partial charge in [0.2, 0.25) is 0 Å². The highest BCUT2D eigenvalue weighted by molar-refractivity contribution is 5.95. The Morgan fingerprint density at radius 1 is 1.30 bits per heavy atom. The molecule has 0 atom stereocenters. The average Bonchev–Trinajstić information content (AvgIpc) is 2.74. The fourth-order valence-electron chi connectivity index (χ4n) is 2.78. The molecule has 1 aromatic heterocycles. The number of esters is 1. The van der Waals surface area contributed by atoms with Crippen molar-refractivity contribution < 1.29 is 9.53 Å². The molecule has 0 spiro atoms. The Hall–Kier alpha value is -1.52. The van der Waals surface area contributed by atoms with Gasteiger partial charge in [0.05, 0.1) is 6.61 Å². The van der Waals surface area contributed by atoms with Crippen molar-refractivity contribution in [2.24, 2.45) is 0 Å². The smallest absolute Gasteiger partial charge is 0.343 e. The monoisotopic (exact) mass is 279 g/mol. The SMILES string of the molecule is CCOC(=O)c1c(NC2CCCCCCC2)n[nH]c1C. The van der Waals surface area contributed by atoms with E-state index in [4.69, 9.17) is 4.74 Å². The van der Waals surface area contributed by atoms with E-state index in [2.05, 4.69) is 15.5 Å². The number of nitrogens with zero attached hydrogens (tertiary/aromatic N) is 1. The molecule has 0 aliphatic heterocycles. The van der Waals surface area contributed by atoms with E-state index in [9.17, 15) is 4.79 Å². The molecule has 1 aromatic rings. The van der Waals surface area contributed by atoms with Gasteiger partial charge in [-0.15, -0.1) is 0 Å². The van der Waals surface area contributed by atoms with E-state index in [1.165, 1.54) is 32.1 Å². The number of hydrogen-bond donors (Lipinski definition) is 2. The molecular weight excluding hydrogens is 254 g/mol. The molecule has 1 saturated carbocycles. The summed E-state index contributed by atoms with van der Waals surface area (Å²) in [6.07, 6.45) is 8.75. The van der Waals surface area contributed by atoms with Gasteiger partial charge in [0.1, 0.15) is 5.56 Å². The lowest BCUT2D eigenvalue weighted by Crippen LogP contribution is -2.22. The predicted molar refractivity (Wildman–Crippen MR) is 79.0 cm³/mol. The van der Waals surface area contributed by atoms with Crippen LogP contribution in [-0.4, -0.2) is 28.8 Å². The van der Waals surface area contributed by atoms with Crippen LogP contribution in [0, 0.1) is 6.92 Å². The first-order valence-electron chi connectivity index (χ1n) is 7.71. The van der Waals surface area contributed by atoms with Crippen molar-refractivity contribution in [3.63, 3.8) is 0 Å². The highest BCUT2D eigenvalue weighted by Crippen LogP contribution is 2.23. The van der Waals surface area contributed by atoms with Gasteiger partial charge in [0, 0.05) is 11.7 Å². The summed E-state index contributed by atoms with van der Waals surface area (Å²) in [7, 11) is 0. The number of rotatable bonds is 4. The number of anilines is 1. The molecule has 1 aliphatic rings. The summed E-state index contributed by atoms with van der Waals surface area (Å²) in [5.74, 6) is 0.346. The van der Waals surface area contributed by atoms with Crippen LogP contribution in [0.1, 0.15) is 67.9 Å². The van der Waals surface area contributed by atoms with Gasteiger partial charge in [-0.2, -0.15) is 5.10 Å². The number of aromatic amines is 1. The predicted octanol–water partition coefficient (Wildman–Crippen LogP) is 3.42. The van der Waals surface area contributed by atoms with Crippen LogP contribution in [0.15, 0.2) is 0 Å². The lowest BCUT2D eigenvalue weighted by Gasteiger charge is -2.21. The second-order valence-electron chi connectivity index (χ2n) is 5.48. The van der Waals surface area contributed by atoms with Gasteiger partial charge >= 0.3 is 5.97 Å². The number of ether oxygens (including phenoxy) is 1. The van der Waals surface area contributed by atoms with Gasteiger partial charge in [0.15, 0.2) is 5.82 Å². The third-order valence-electron chi connectivity index (χ3n) is 3.87. The van der Waals surface area contributed by atoms with E-state index < -0.39 is 0 Å². The molecule has 0 bridgehead atoms. The van der Waals surface area contributed by atoms with Crippen molar-refractivity contribution in [1.29, 1.82) is 0 Å². The molecule has 112 valence electrons. The number of hydrogen-bond acceptors (Lipinski definition) is 4. The fourth-order valence-corrected chi connectivity index (χ4v) is 2.78. The highest BCUT2D eigenvalue weighted by Gasteiger charge is 2.21. The molecule has 0 aromatic carbocycles. The molecule has 1 aliphatic carbocycles. The number of aryl methyl sites for hydroxylation is 1. The summed E-state index contributed by atoms with van der Waals surface area (Å²) in [6, 6.07) is 0.408. The maximum atomic E-state index is 12.0. The Morgan fingerprint density at radius 3 is 2.60 bits per heavy atom. The maximum Gasteiger partial charge on any atom is 0.343 e. The number of carbonyl (C=O) groups is 1. The van der Waals surface area contributed by atoms with E-state index in [0.29, 0.717) is 24.0 Å². The molecule has 0 radical (unpaired) electrons. The Balaban J connectivity index is 2.06. The Bertz CT molecular complexity index is 434. The van der Waals surface area contributed by atoms with E-state index in [1.54, 1.807) is 0 Å². The van der Waals surface area contributed by atoms with Crippen LogP contribution in [-0.2, 0) is 4.74 Å². The summed E-state index contributed by atoms with van der Waals surface area (Å²) in [6.45, 7) is 4.05. The van der Waals surface area contributed by atoms with E-state index >= 15 is 0 Å². The first kappa shape index (κ1) is 14.9. The van der Waals surface area contributed by atoms with Crippen LogP contribution in [0.25, 0.3) is 0 Å². The molecule has 1 heterocycles. The van der Waals surface area contributed by atoms with Crippen LogP contribution in [0.4, 0.5) is 5.82 Å². The molecule has 2 rings (SSSR count). The van der Waals surface area contributed by atoms with Crippen molar-refractivity contribution in [2.45, 2.75) is 64.8 Å². The standard InChI is InChI=1S/C15H25N3O2/c1-3-20-15(19)13-11(2)17-18-14(13)16-12-9-7-5-4-6-8-10-12/h12H,3-10H2,1-2H3,(H2,16,17,18). The van der Waals surface area contributed by atoms with Crippen LogP contribution in [0.5, 0.6) is 0 Å². The molecule has 1 fully saturated rings. The molecule has 0 unspecified atom stereocenters. The summed E-state index contributed by atoms with van der Waals surface area (Å²) < 4.78 is 5.10. The first-order chi connectivity index (χ1) is 9.72. The van der Waals surface area contributed by atoms with Gasteiger partial charge in [-0.1, -0.05) is 32.1 Å². The lowest BCUT2D eigenvalue weighted by molar-refractivity contribution is 0.0526. The molecule has 0 amide bonds. The molecule has 5 nitrogen and oxygen atoms in total. The number of H-pyrrole nitrogens is 1. The van der Waals surface area contributed by atoms with Crippen LogP contribution in [0.3, 0.4) is 0 Å². The largest absolute Gasteiger partial charge is 0.462 e. The maximum absolute atomic E-state index is 12.0. The van der Waals surface area contributed by atoms with E-state index in [-0.39, 0.29) is 5.97 Å². The van der Waals surface area contributed by atoms with Crippen molar-refractivity contribution in [1.82, 2.24) is 10.2 Å². The van der Waals surface area contributed by atoms with Crippen molar-refractivity contribution in [3.05, 3.63) is 11.3 Å². The van der Waals surface area contributed by atoms with Crippen molar-refractivity contribution in [3.8, 4) is 0 Å². The Morgan fingerprint density at radius 2 is 1.95 bits per heavy atom. The van der Waals surface area contributed by atoms with Crippen molar-refractivity contribution in [2.75, 3.05) is 11.9 Å². The van der Waals surface area contributed by atoms with Gasteiger partial charge in [0.25, 0.3) is 0 Å². The zero-order chi connectivity index (χ0) is 14.4. The highest BCUT2D eigenvalue weighted by atomic mass is 16.5. The summed E-state index contributed by atoms with van der Waals surface area (Å²) >= 11 is 0. The lowest BCUT2D eigenvalue weighted by atomic mass is 9.96. The molecule has 2 N–H and O–H groups in total. The van der Waals surface area contributed by atoms with E-state index in [0.717, 1.165) is 18.5 Å². The minimum Gasteiger partial charge on any atom is -0.462 e. The van der Waals surface area contributed by atoms with Gasteiger partial charge in [-0.05, 0) is 26.7 Å². The number of nitrogens with one attached hydrogen (secondary N) is 2. The molecule has 0 saturated heterocycles. The Labute approximate surface area is 120 Å². The number of aromatic nitrogens is 2. The van der Waals surface area contributed by atoms with Gasteiger partial charge < -0.3 is 10.1 Å². The quantitative estimate of drug-likeness (QED) is 0.829. The third-order valence-corrected chi connectivity index (χ3v) is 3.87. The zero-order valence-electron chi connectivity index (χ0n) is 12.5. The number of carbonyl (C=O) groups excluding carboxylic acids is 1. The van der Waals surface area contributed by atoms with Crippen LogP contribution in [0.2, 0.25) is 0 Å². The Kier molecular flexibility index (Phi) is 5.44. The van der Waals surface area contributed by atoms with Gasteiger partial charge in [-0.25, -0.2) is 4.79 Å². The van der Waals surface area contributed by atoms with Crippen molar-refractivity contribution >= 4 is 11.8 Å². The van der Waals surface area contributed by atoms with Crippen LogP contribution < -0.4 is 5.32 Å². The first-order valence-corrected chi connectivity index (χ1v) is 7.71. The fraction of sp³-hybridized carbons (Fsp3) is 0.733. The van der Waals surface area contributed by atoms with E-state index in [1.807, 2.05) is 13.8 Å². The molecular formula is C15H25N3O2. The second-order valence-corrected chi connectivity index (χ2v) is 5.48. The molecule has 20 heavy (non-hydrogen) atoms. The minimum atomic E-state index is -0.299. The average molecular weight is 279 g/mol. The second kappa shape index (κ2) is 7.31. The summed E-state index contributed by atoms with van der Waals surface area (Å²) in [4.78, 5) is 12.0.